The van der Waals surface area contributed by atoms with Crippen LogP contribution >= 0.6 is 0 Å². The molecule has 0 radical (unpaired) electrons. The number of carbonyl (C=O) groups is 1. The van der Waals surface area contributed by atoms with E-state index in [0.29, 0.717) is 11.4 Å². The molecule has 0 saturated carbocycles. The lowest BCUT2D eigenvalue weighted by Crippen LogP contribution is -2.13. The van der Waals surface area contributed by atoms with Crippen LogP contribution in [0.15, 0.2) is 60.8 Å². The summed E-state index contributed by atoms with van der Waals surface area (Å²) in [6.45, 7) is 0. The Morgan fingerprint density at radius 2 is 1.54 bits per heavy atom. The van der Waals surface area contributed by atoms with Gasteiger partial charge in [-0.05, 0) is 54.6 Å². The molecule has 3 rings (SSSR count). The van der Waals surface area contributed by atoms with Crippen LogP contribution in [0.2, 0.25) is 0 Å². The van der Waals surface area contributed by atoms with E-state index in [-0.39, 0.29) is 11.4 Å². The van der Waals surface area contributed by atoms with Gasteiger partial charge in [0, 0.05) is 11.3 Å². The zero-order valence-corrected chi connectivity index (χ0v) is 14.0. The Balaban J connectivity index is 1.64. The molecule has 144 valence electrons. The number of nitrogens with one attached hydrogen (secondary N) is 2. The number of alkyl halides is 3. The summed E-state index contributed by atoms with van der Waals surface area (Å²) in [6, 6.07) is 10.2. The average Bonchev–Trinajstić information content (AvgIpc) is 2.65. The second-order valence-electron chi connectivity index (χ2n) is 5.72. The maximum Gasteiger partial charge on any atom is 0.416 e. The number of anilines is 3. The maximum atomic E-state index is 13.2. The van der Waals surface area contributed by atoms with Gasteiger partial charge < -0.3 is 10.6 Å². The zero-order valence-electron chi connectivity index (χ0n) is 14.0. The molecule has 1 amide bonds. The van der Waals surface area contributed by atoms with E-state index in [4.69, 9.17) is 0 Å². The highest BCUT2D eigenvalue weighted by Gasteiger charge is 2.29. The minimum absolute atomic E-state index is 0.0762. The van der Waals surface area contributed by atoms with E-state index in [1.165, 1.54) is 24.4 Å². The third-order valence-electron chi connectivity index (χ3n) is 3.69. The van der Waals surface area contributed by atoms with Crippen molar-refractivity contribution in [2.45, 2.75) is 6.18 Å². The molecule has 2 N–H and O–H groups in total. The number of hydrogen-bond acceptors (Lipinski definition) is 3. The smallest absolute Gasteiger partial charge is 0.354 e. The van der Waals surface area contributed by atoms with Gasteiger partial charge in [0.05, 0.1) is 17.4 Å². The van der Waals surface area contributed by atoms with Crippen LogP contribution in [0.3, 0.4) is 0 Å². The molecule has 28 heavy (non-hydrogen) atoms. The molecule has 0 spiro atoms. The summed E-state index contributed by atoms with van der Waals surface area (Å²) in [7, 11) is 0. The number of aromatic nitrogens is 1. The molecule has 0 atom stereocenters. The van der Waals surface area contributed by atoms with E-state index in [1.54, 1.807) is 6.07 Å². The van der Waals surface area contributed by atoms with Crippen molar-refractivity contribution in [2.24, 2.45) is 0 Å². The largest absolute Gasteiger partial charge is 0.416 e. The fraction of sp³-hybridized carbons (Fsp3) is 0.0526. The summed E-state index contributed by atoms with van der Waals surface area (Å²) in [4.78, 5) is 16.0. The van der Waals surface area contributed by atoms with Crippen molar-refractivity contribution in [1.29, 1.82) is 0 Å². The van der Waals surface area contributed by atoms with E-state index in [2.05, 4.69) is 15.6 Å². The molecule has 0 unspecified atom stereocenters. The molecule has 0 aliphatic carbocycles. The van der Waals surface area contributed by atoms with Crippen LogP contribution in [0.5, 0.6) is 0 Å². The standard InChI is InChI=1S/C19H12F5N3O/c20-15-7-1-11(9-16(15)21)18(28)27-17-8-6-14(10-25-17)26-13-4-2-12(3-5-13)19(22,23)24/h1-10,26H,(H,25,27,28). The molecular formula is C19H12F5N3O. The van der Waals surface area contributed by atoms with Gasteiger partial charge in [-0.1, -0.05) is 0 Å². The van der Waals surface area contributed by atoms with Gasteiger partial charge in [-0.15, -0.1) is 0 Å². The normalized spacial score (nSPS) is 11.2. The van der Waals surface area contributed by atoms with Gasteiger partial charge >= 0.3 is 6.18 Å². The van der Waals surface area contributed by atoms with Gasteiger partial charge in [0.2, 0.25) is 0 Å². The lowest BCUT2D eigenvalue weighted by molar-refractivity contribution is -0.137. The van der Waals surface area contributed by atoms with Gasteiger partial charge in [-0.25, -0.2) is 13.8 Å². The third-order valence-corrected chi connectivity index (χ3v) is 3.69. The summed E-state index contributed by atoms with van der Waals surface area (Å²) in [6.07, 6.45) is -3.05. The van der Waals surface area contributed by atoms with Gasteiger partial charge in [-0.3, -0.25) is 4.79 Å². The van der Waals surface area contributed by atoms with Crippen molar-refractivity contribution in [3.05, 3.63) is 83.6 Å². The number of pyridine rings is 1. The summed E-state index contributed by atoms with van der Waals surface area (Å²) < 4.78 is 63.8. The van der Waals surface area contributed by atoms with E-state index in [0.717, 1.165) is 30.3 Å². The van der Waals surface area contributed by atoms with Crippen LogP contribution in [0.1, 0.15) is 15.9 Å². The first-order valence-corrected chi connectivity index (χ1v) is 7.89. The molecule has 1 heterocycles. The molecule has 9 heteroatoms. The molecule has 1 aromatic heterocycles. The highest BCUT2D eigenvalue weighted by atomic mass is 19.4. The highest BCUT2D eigenvalue weighted by molar-refractivity contribution is 6.03. The highest BCUT2D eigenvalue weighted by Crippen LogP contribution is 2.30. The first kappa shape index (κ1) is 19.3. The quantitative estimate of drug-likeness (QED) is 0.586. The first-order valence-electron chi connectivity index (χ1n) is 7.89. The van der Waals surface area contributed by atoms with Crippen LogP contribution in [-0.2, 0) is 6.18 Å². The van der Waals surface area contributed by atoms with Gasteiger partial charge in [0.15, 0.2) is 11.6 Å². The Labute approximate surface area is 156 Å². The Morgan fingerprint density at radius 3 is 2.11 bits per heavy atom. The molecule has 0 saturated heterocycles. The summed E-state index contributed by atoms with van der Waals surface area (Å²) in [5, 5.41) is 5.30. The summed E-state index contributed by atoms with van der Waals surface area (Å²) in [5.74, 6) is -2.72. The van der Waals surface area contributed by atoms with Crippen LogP contribution in [0, 0.1) is 11.6 Å². The molecule has 3 aromatic rings. The maximum absolute atomic E-state index is 13.2. The molecule has 0 aliphatic rings. The Hall–Kier alpha value is -3.49. The van der Waals surface area contributed by atoms with E-state index in [1.807, 2.05) is 0 Å². The summed E-state index contributed by atoms with van der Waals surface area (Å²) in [5.41, 5.74) is 0.0677. The fourth-order valence-corrected chi connectivity index (χ4v) is 2.28. The second kappa shape index (κ2) is 7.63. The van der Waals surface area contributed by atoms with E-state index >= 15 is 0 Å². The second-order valence-corrected chi connectivity index (χ2v) is 5.72. The van der Waals surface area contributed by atoms with Crippen molar-refractivity contribution in [2.75, 3.05) is 10.6 Å². The molecule has 0 bridgehead atoms. The van der Waals surface area contributed by atoms with Gasteiger partial charge in [-0.2, -0.15) is 13.2 Å². The first-order chi connectivity index (χ1) is 13.2. The van der Waals surface area contributed by atoms with Crippen molar-refractivity contribution in [3.8, 4) is 0 Å². The third kappa shape index (κ3) is 4.61. The minimum atomic E-state index is -4.41. The number of carbonyl (C=O) groups excluding carboxylic acids is 1. The van der Waals surface area contributed by atoms with Crippen molar-refractivity contribution in [3.63, 3.8) is 0 Å². The molecule has 0 fully saturated rings. The topological polar surface area (TPSA) is 54.0 Å². The van der Waals surface area contributed by atoms with Crippen LogP contribution in [0.4, 0.5) is 39.1 Å². The van der Waals surface area contributed by atoms with Gasteiger partial charge in [0.1, 0.15) is 5.82 Å². The van der Waals surface area contributed by atoms with Crippen molar-refractivity contribution < 1.29 is 26.7 Å². The number of nitrogens with zero attached hydrogens (tertiary/aromatic N) is 1. The Morgan fingerprint density at radius 1 is 0.857 bits per heavy atom. The van der Waals surface area contributed by atoms with E-state index in [9.17, 15) is 26.7 Å². The van der Waals surface area contributed by atoms with E-state index < -0.39 is 29.3 Å². The lowest BCUT2D eigenvalue weighted by Gasteiger charge is -2.10. The summed E-state index contributed by atoms with van der Waals surface area (Å²) >= 11 is 0. The lowest BCUT2D eigenvalue weighted by atomic mass is 10.2. The SMILES string of the molecule is O=C(Nc1ccc(Nc2ccc(C(F)(F)F)cc2)cn1)c1ccc(F)c(F)c1. The van der Waals surface area contributed by atoms with Crippen LogP contribution in [0.25, 0.3) is 0 Å². The molecular weight excluding hydrogens is 381 g/mol. The predicted molar refractivity (Wildman–Crippen MR) is 93.3 cm³/mol. The molecule has 2 aromatic carbocycles. The van der Waals surface area contributed by atoms with Crippen LogP contribution in [-0.4, -0.2) is 10.9 Å². The molecule has 4 nitrogen and oxygen atoms in total. The minimum Gasteiger partial charge on any atom is -0.354 e. The zero-order chi connectivity index (χ0) is 20.3. The van der Waals surface area contributed by atoms with Gasteiger partial charge in [0.25, 0.3) is 5.91 Å². The average molecular weight is 393 g/mol. The number of halogens is 5. The van der Waals surface area contributed by atoms with Crippen molar-refractivity contribution in [1.82, 2.24) is 4.98 Å². The Kier molecular flexibility index (Phi) is 5.25. The van der Waals surface area contributed by atoms with Crippen molar-refractivity contribution >= 4 is 23.1 Å². The molecule has 0 aliphatic heterocycles. The number of rotatable bonds is 4. The van der Waals surface area contributed by atoms with Crippen LogP contribution < -0.4 is 10.6 Å². The predicted octanol–water partition coefficient (Wildman–Crippen LogP) is 5.37. The number of amides is 1. The number of hydrogen-bond donors (Lipinski definition) is 2. The number of benzene rings is 2. The monoisotopic (exact) mass is 393 g/mol. The fourth-order valence-electron chi connectivity index (χ4n) is 2.28. The Bertz CT molecular complexity index is 986.